The van der Waals surface area contributed by atoms with Gasteiger partial charge in [-0.3, -0.25) is 4.90 Å². The van der Waals surface area contributed by atoms with Gasteiger partial charge in [0.1, 0.15) is 0 Å². The Morgan fingerprint density at radius 1 is 1.29 bits per heavy atom. The van der Waals surface area contributed by atoms with Crippen molar-refractivity contribution in [1.29, 1.82) is 0 Å². The van der Waals surface area contributed by atoms with Gasteiger partial charge in [-0.2, -0.15) is 0 Å². The molecule has 3 heteroatoms. The zero-order chi connectivity index (χ0) is 13.1. The Hall–Kier alpha value is -0.120. The molecule has 0 amide bonds. The molecule has 102 valence electrons. The van der Waals surface area contributed by atoms with Gasteiger partial charge in [-0.05, 0) is 25.7 Å². The molecule has 0 aromatic heterocycles. The summed E-state index contributed by atoms with van der Waals surface area (Å²) in [5, 5.41) is 13.7. The molecular weight excluding hydrogens is 212 g/mol. The largest absolute Gasteiger partial charge is 0.388 e. The molecule has 0 heterocycles. The average Bonchev–Trinajstić information content (AvgIpc) is 2.95. The summed E-state index contributed by atoms with van der Waals surface area (Å²) in [4.78, 5) is 2.46. The van der Waals surface area contributed by atoms with E-state index in [1.165, 1.54) is 12.8 Å². The van der Waals surface area contributed by atoms with Gasteiger partial charge in [-0.1, -0.05) is 27.7 Å². The molecule has 0 radical (unpaired) electrons. The lowest BCUT2D eigenvalue weighted by Crippen LogP contribution is -2.50. The second-order valence-corrected chi connectivity index (χ2v) is 6.59. The third kappa shape index (κ3) is 6.39. The van der Waals surface area contributed by atoms with E-state index >= 15 is 0 Å². The molecule has 0 spiro atoms. The van der Waals surface area contributed by atoms with Crippen molar-refractivity contribution in [3.05, 3.63) is 0 Å². The van der Waals surface area contributed by atoms with Crippen LogP contribution in [0.5, 0.6) is 0 Å². The quantitative estimate of drug-likeness (QED) is 0.682. The first-order valence-corrected chi connectivity index (χ1v) is 7.00. The van der Waals surface area contributed by atoms with Gasteiger partial charge in [0.2, 0.25) is 0 Å². The minimum atomic E-state index is -0.623. The lowest BCUT2D eigenvalue weighted by molar-refractivity contribution is 0.0128. The van der Waals surface area contributed by atoms with Crippen LogP contribution in [0, 0.1) is 5.92 Å². The van der Waals surface area contributed by atoms with Crippen molar-refractivity contribution in [2.45, 2.75) is 65.1 Å². The fourth-order valence-electron chi connectivity index (χ4n) is 2.17. The molecule has 1 unspecified atom stereocenters. The smallest absolute Gasteiger partial charge is 0.0869 e. The molecule has 1 saturated carbocycles. The van der Waals surface area contributed by atoms with Crippen LogP contribution >= 0.6 is 0 Å². The summed E-state index contributed by atoms with van der Waals surface area (Å²) >= 11 is 0. The van der Waals surface area contributed by atoms with Gasteiger partial charge in [-0.15, -0.1) is 0 Å². The Kier molecular flexibility index (Phi) is 5.42. The maximum Gasteiger partial charge on any atom is 0.0869 e. The van der Waals surface area contributed by atoms with Crippen molar-refractivity contribution in [3.8, 4) is 0 Å². The van der Waals surface area contributed by atoms with Crippen LogP contribution in [0.2, 0.25) is 0 Å². The first-order valence-electron chi connectivity index (χ1n) is 7.00. The molecule has 1 rings (SSSR count). The second kappa shape index (κ2) is 6.17. The number of nitrogens with one attached hydrogen (secondary N) is 1. The maximum atomic E-state index is 10.4. The van der Waals surface area contributed by atoms with Crippen LogP contribution in [-0.2, 0) is 0 Å². The number of aliphatic hydroxyl groups is 1. The first kappa shape index (κ1) is 14.9. The summed E-state index contributed by atoms with van der Waals surface area (Å²) in [7, 11) is 0. The molecule has 0 aliphatic heterocycles. The highest BCUT2D eigenvalue weighted by Crippen LogP contribution is 2.28. The topological polar surface area (TPSA) is 35.5 Å². The van der Waals surface area contributed by atoms with Gasteiger partial charge in [0, 0.05) is 31.7 Å². The van der Waals surface area contributed by atoms with Crippen molar-refractivity contribution < 1.29 is 5.11 Å². The Morgan fingerprint density at radius 3 is 2.29 bits per heavy atom. The van der Waals surface area contributed by atoms with Crippen molar-refractivity contribution in [2.24, 2.45) is 5.92 Å². The highest BCUT2D eigenvalue weighted by molar-refractivity contribution is 4.90. The molecule has 1 aliphatic carbocycles. The van der Waals surface area contributed by atoms with E-state index in [2.05, 4.69) is 37.9 Å². The Labute approximate surface area is 107 Å². The van der Waals surface area contributed by atoms with E-state index in [1.807, 2.05) is 6.92 Å². The fraction of sp³-hybridized carbons (Fsp3) is 1.00. The molecule has 0 aromatic rings. The highest BCUT2D eigenvalue weighted by Gasteiger charge is 2.34. The number of hydrogen-bond acceptors (Lipinski definition) is 3. The lowest BCUT2D eigenvalue weighted by Gasteiger charge is -2.33. The predicted molar refractivity (Wildman–Crippen MR) is 73.2 cm³/mol. The average molecular weight is 242 g/mol. The summed E-state index contributed by atoms with van der Waals surface area (Å²) in [6.07, 6.45) is 2.61. The molecule has 1 fully saturated rings. The van der Waals surface area contributed by atoms with Gasteiger partial charge < -0.3 is 10.4 Å². The molecule has 2 N–H and O–H groups in total. The SMILES string of the molecule is CC(C)CN(CC(C)(O)CNC(C)C)C1CC1. The summed E-state index contributed by atoms with van der Waals surface area (Å²) < 4.78 is 0. The lowest BCUT2D eigenvalue weighted by atomic mass is 10.0. The number of hydrogen-bond donors (Lipinski definition) is 2. The molecular formula is C14H30N2O. The predicted octanol–water partition coefficient (Wildman–Crippen LogP) is 1.86. The first-order chi connectivity index (χ1) is 7.80. The second-order valence-electron chi connectivity index (χ2n) is 6.59. The number of nitrogens with zero attached hydrogens (tertiary/aromatic N) is 1. The normalized spacial score (nSPS) is 20.3. The Bertz CT molecular complexity index is 222. The molecule has 0 bridgehead atoms. The maximum absolute atomic E-state index is 10.4. The standard InChI is InChI=1S/C14H30N2O/c1-11(2)8-16(13-6-7-13)10-14(5,17)9-15-12(3)4/h11-13,15,17H,6-10H2,1-5H3. The van der Waals surface area contributed by atoms with E-state index in [0.29, 0.717) is 18.5 Å². The van der Waals surface area contributed by atoms with Gasteiger partial charge in [-0.25, -0.2) is 0 Å². The van der Waals surface area contributed by atoms with E-state index < -0.39 is 5.60 Å². The number of rotatable bonds is 8. The van der Waals surface area contributed by atoms with Crippen LogP contribution in [-0.4, -0.2) is 47.3 Å². The van der Waals surface area contributed by atoms with Crippen LogP contribution in [0.15, 0.2) is 0 Å². The molecule has 1 atom stereocenters. The van der Waals surface area contributed by atoms with Crippen LogP contribution in [0.1, 0.15) is 47.5 Å². The zero-order valence-corrected chi connectivity index (χ0v) is 12.2. The monoisotopic (exact) mass is 242 g/mol. The summed E-state index contributed by atoms with van der Waals surface area (Å²) in [5.74, 6) is 0.671. The molecule has 3 nitrogen and oxygen atoms in total. The Balaban J connectivity index is 2.41. The molecule has 0 saturated heterocycles. The van der Waals surface area contributed by atoms with Crippen molar-refractivity contribution in [2.75, 3.05) is 19.6 Å². The minimum Gasteiger partial charge on any atom is -0.388 e. The minimum absolute atomic E-state index is 0.431. The van der Waals surface area contributed by atoms with Crippen LogP contribution in [0.3, 0.4) is 0 Å². The molecule has 1 aliphatic rings. The van der Waals surface area contributed by atoms with Gasteiger partial charge in [0.05, 0.1) is 5.60 Å². The molecule has 17 heavy (non-hydrogen) atoms. The van der Waals surface area contributed by atoms with Gasteiger partial charge in [0.25, 0.3) is 0 Å². The van der Waals surface area contributed by atoms with Crippen LogP contribution in [0.4, 0.5) is 0 Å². The van der Waals surface area contributed by atoms with Crippen molar-refractivity contribution in [1.82, 2.24) is 10.2 Å². The zero-order valence-electron chi connectivity index (χ0n) is 12.2. The third-order valence-corrected chi connectivity index (χ3v) is 3.10. The summed E-state index contributed by atoms with van der Waals surface area (Å²) in [6, 6.07) is 1.16. The van der Waals surface area contributed by atoms with Crippen molar-refractivity contribution >= 4 is 0 Å². The van der Waals surface area contributed by atoms with Crippen LogP contribution in [0.25, 0.3) is 0 Å². The van der Waals surface area contributed by atoms with E-state index in [9.17, 15) is 5.11 Å². The van der Waals surface area contributed by atoms with Gasteiger partial charge in [0.15, 0.2) is 0 Å². The highest BCUT2D eigenvalue weighted by atomic mass is 16.3. The summed E-state index contributed by atoms with van der Waals surface area (Å²) in [5.41, 5.74) is -0.623. The van der Waals surface area contributed by atoms with Crippen LogP contribution < -0.4 is 5.32 Å². The fourth-order valence-corrected chi connectivity index (χ4v) is 2.17. The van der Waals surface area contributed by atoms with E-state index in [4.69, 9.17) is 0 Å². The van der Waals surface area contributed by atoms with E-state index in [1.54, 1.807) is 0 Å². The van der Waals surface area contributed by atoms with E-state index in [-0.39, 0.29) is 0 Å². The van der Waals surface area contributed by atoms with Gasteiger partial charge >= 0.3 is 0 Å². The third-order valence-electron chi connectivity index (χ3n) is 3.10. The van der Waals surface area contributed by atoms with Crippen molar-refractivity contribution in [3.63, 3.8) is 0 Å². The Morgan fingerprint density at radius 2 is 1.88 bits per heavy atom. The van der Waals surface area contributed by atoms with E-state index in [0.717, 1.165) is 19.1 Å². The molecule has 0 aromatic carbocycles. The summed E-state index contributed by atoms with van der Waals surface area (Å²) in [6.45, 7) is 13.2.